The number of carbonyl (C=O) groups excluding carboxylic acids is 2. The van der Waals surface area contributed by atoms with Crippen LogP contribution in [-0.4, -0.2) is 46.3 Å². The molecule has 0 fully saturated rings. The second-order valence-corrected chi connectivity index (χ2v) is 9.99. The molecule has 9 nitrogen and oxygen atoms in total. The van der Waals surface area contributed by atoms with E-state index in [9.17, 15) is 18.0 Å². The third-order valence-corrected chi connectivity index (χ3v) is 7.54. The lowest BCUT2D eigenvalue weighted by atomic mass is 10.2. The third-order valence-electron chi connectivity index (χ3n) is 4.97. The molecular formula is C21H23ClN2O7S. The Morgan fingerprint density at radius 2 is 1.97 bits per heavy atom. The Morgan fingerprint density at radius 1 is 1.25 bits per heavy atom. The summed E-state index contributed by atoms with van der Waals surface area (Å²) in [4.78, 5) is 24.2. The Balaban J connectivity index is 1.81. The van der Waals surface area contributed by atoms with Gasteiger partial charge >= 0.3 is 0 Å². The Kier molecular flexibility index (Phi) is 6.85. The first-order valence-electron chi connectivity index (χ1n) is 9.59. The number of hydrogen-bond acceptors (Lipinski definition) is 7. The smallest absolute Gasteiger partial charge is 0.262 e. The molecule has 2 aromatic rings. The maximum Gasteiger partial charge on any atom is 0.262 e. The molecule has 11 heteroatoms. The first-order chi connectivity index (χ1) is 15.1. The Hall–Kier alpha value is -2.98. The van der Waals surface area contributed by atoms with Crippen molar-refractivity contribution in [2.45, 2.75) is 30.4 Å². The van der Waals surface area contributed by atoms with E-state index < -0.39 is 21.0 Å². The van der Waals surface area contributed by atoms with Gasteiger partial charge < -0.3 is 24.8 Å². The van der Waals surface area contributed by atoms with E-state index in [1.807, 2.05) is 0 Å². The third kappa shape index (κ3) is 4.76. The topological polar surface area (TPSA) is 120 Å². The minimum atomic E-state index is -3.88. The predicted molar refractivity (Wildman–Crippen MR) is 120 cm³/mol. The van der Waals surface area contributed by atoms with Crippen LogP contribution in [-0.2, 0) is 19.4 Å². The summed E-state index contributed by atoms with van der Waals surface area (Å²) in [5.41, 5.74) is 1.06. The highest BCUT2D eigenvalue weighted by Gasteiger charge is 2.30. The average molecular weight is 483 g/mol. The molecule has 0 aromatic heterocycles. The number of hydrogen-bond donors (Lipinski definition) is 2. The molecular weight excluding hydrogens is 460 g/mol. The van der Waals surface area contributed by atoms with E-state index in [2.05, 4.69) is 10.6 Å². The van der Waals surface area contributed by atoms with E-state index in [4.69, 9.17) is 25.8 Å². The van der Waals surface area contributed by atoms with Gasteiger partial charge in [-0.05, 0) is 25.5 Å². The molecule has 3 rings (SSSR count). The van der Waals surface area contributed by atoms with Crippen molar-refractivity contribution >= 4 is 44.6 Å². The van der Waals surface area contributed by atoms with Gasteiger partial charge in [-0.25, -0.2) is 8.42 Å². The molecule has 2 aromatic carbocycles. The lowest BCUT2D eigenvalue weighted by Gasteiger charge is -2.21. The molecule has 1 aliphatic heterocycles. The number of anilines is 2. The van der Waals surface area contributed by atoms with Gasteiger partial charge in [-0.15, -0.1) is 0 Å². The molecule has 172 valence electrons. The molecule has 2 N–H and O–H groups in total. The van der Waals surface area contributed by atoms with Gasteiger partial charge in [-0.3, -0.25) is 9.59 Å². The van der Waals surface area contributed by atoms with Crippen LogP contribution in [0.1, 0.15) is 18.9 Å². The Morgan fingerprint density at radius 3 is 2.62 bits per heavy atom. The number of methoxy groups -OCH3 is 2. The van der Waals surface area contributed by atoms with Crippen molar-refractivity contribution in [1.82, 2.24) is 0 Å². The van der Waals surface area contributed by atoms with Crippen molar-refractivity contribution in [2.24, 2.45) is 0 Å². The van der Waals surface area contributed by atoms with Crippen molar-refractivity contribution < 1.29 is 32.2 Å². The molecule has 0 spiro atoms. The highest BCUT2D eigenvalue weighted by atomic mass is 35.5. The molecule has 1 heterocycles. The van der Waals surface area contributed by atoms with E-state index in [0.29, 0.717) is 17.0 Å². The van der Waals surface area contributed by atoms with Gasteiger partial charge in [0, 0.05) is 24.6 Å². The number of ether oxygens (including phenoxy) is 3. The summed E-state index contributed by atoms with van der Waals surface area (Å²) in [6.45, 7) is 2.87. The summed E-state index contributed by atoms with van der Waals surface area (Å²) in [7, 11) is -0.995. The number of carbonyl (C=O) groups is 2. The monoisotopic (exact) mass is 482 g/mol. The highest BCUT2D eigenvalue weighted by Crippen LogP contribution is 2.38. The maximum atomic E-state index is 13.2. The van der Waals surface area contributed by atoms with Crippen LogP contribution in [0.4, 0.5) is 11.4 Å². The number of amides is 2. The van der Waals surface area contributed by atoms with Crippen LogP contribution in [0.3, 0.4) is 0 Å². The average Bonchev–Trinajstić information content (AvgIpc) is 2.74. The molecule has 0 saturated carbocycles. The van der Waals surface area contributed by atoms with Gasteiger partial charge in [-0.2, -0.15) is 0 Å². The van der Waals surface area contributed by atoms with Crippen LogP contribution in [0.5, 0.6) is 17.2 Å². The lowest BCUT2D eigenvalue weighted by Crippen LogP contribution is -2.27. The van der Waals surface area contributed by atoms with Crippen LogP contribution in [0.15, 0.2) is 29.2 Å². The Labute approximate surface area is 190 Å². The number of benzene rings is 2. The van der Waals surface area contributed by atoms with Crippen LogP contribution < -0.4 is 24.8 Å². The van der Waals surface area contributed by atoms with Gasteiger partial charge in [0.25, 0.3) is 5.91 Å². The second-order valence-electron chi connectivity index (χ2n) is 7.25. The van der Waals surface area contributed by atoms with Crippen LogP contribution in [0, 0.1) is 6.92 Å². The molecule has 1 aliphatic rings. The van der Waals surface area contributed by atoms with E-state index in [1.54, 1.807) is 13.0 Å². The van der Waals surface area contributed by atoms with E-state index in [-0.39, 0.29) is 46.0 Å². The van der Waals surface area contributed by atoms with Crippen LogP contribution in [0.25, 0.3) is 0 Å². The normalized spacial score (nSPS) is 14.0. The summed E-state index contributed by atoms with van der Waals surface area (Å²) in [5.74, 6) is 0.126. The summed E-state index contributed by atoms with van der Waals surface area (Å²) < 4.78 is 42.0. The zero-order valence-corrected chi connectivity index (χ0v) is 19.5. The zero-order chi connectivity index (χ0) is 23.6. The van der Waals surface area contributed by atoms with E-state index in [0.717, 1.165) is 0 Å². The van der Waals surface area contributed by atoms with Crippen LogP contribution >= 0.6 is 11.6 Å². The minimum Gasteiger partial charge on any atom is -0.497 e. The molecule has 1 atom stereocenters. The number of fused-ring (bicyclic) bond motifs is 1. The quantitative estimate of drug-likeness (QED) is 0.621. The largest absolute Gasteiger partial charge is 0.497 e. The first kappa shape index (κ1) is 23.7. The fourth-order valence-corrected chi connectivity index (χ4v) is 5.09. The molecule has 0 saturated heterocycles. The maximum absolute atomic E-state index is 13.2. The fraction of sp³-hybridized carbons (Fsp3) is 0.333. The minimum absolute atomic E-state index is 0.0350. The van der Waals surface area contributed by atoms with Gasteiger partial charge in [0.15, 0.2) is 16.4 Å². The van der Waals surface area contributed by atoms with Crippen molar-refractivity contribution in [1.29, 1.82) is 0 Å². The summed E-state index contributed by atoms with van der Waals surface area (Å²) in [6.07, 6.45) is -0.317. The van der Waals surface area contributed by atoms with Gasteiger partial charge in [0.1, 0.15) is 22.9 Å². The van der Waals surface area contributed by atoms with Crippen molar-refractivity contribution in [3.05, 3.63) is 34.9 Å². The van der Waals surface area contributed by atoms with Gasteiger partial charge in [0.2, 0.25) is 5.91 Å². The molecule has 0 radical (unpaired) electrons. The zero-order valence-electron chi connectivity index (χ0n) is 17.9. The Bertz CT molecular complexity index is 1180. The number of aryl methyl sites for hydroxylation is 1. The SMILES string of the molecule is COc1cc(Cl)c(NC(=O)C[C@H](C)S(=O)(=O)c2cc3c(cc2C)NC(=O)CO3)c(OC)c1. The second kappa shape index (κ2) is 9.25. The van der Waals surface area contributed by atoms with Crippen molar-refractivity contribution in [3.8, 4) is 17.2 Å². The van der Waals surface area contributed by atoms with Gasteiger partial charge in [0.05, 0.1) is 35.1 Å². The summed E-state index contributed by atoms with van der Waals surface area (Å²) in [5, 5.41) is 4.40. The molecule has 32 heavy (non-hydrogen) atoms. The number of sulfone groups is 1. The fourth-order valence-electron chi connectivity index (χ4n) is 3.26. The summed E-state index contributed by atoms with van der Waals surface area (Å²) in [6, 6.07) is 5.97. The van der Waals surface area contributed by atoms with Crippen molar-refractivity contribution in [2.75, 3.05) is 31.5 Å². The molecule has 0 bridgehead atoms. The molecule has 0 unspecified atom stereocenters. The molecule has 2 amide bonds. The van der Waals surface area contributed by atoms with E-state index >= 15 is 0 Å². The van der Waals surface area contributed by atoms with E-state index in [1.165, 1.54) is 39.3 Å². The van der Waals surface area contributed by atoms with Crippen LogP contribution in [0.2, 0.25) is 5.02 Å². The standard InChI is InChI=1S/C21H23ClN2O7S/c1-11-5-15-16(31-10-20(26)23-15)9-18(11)32(27,28)12(2)6-19(25)24-21-14(22)7-13(29-3)8-17(21)30-4/h5,7-9,12H,6,10H2,1-4H3,(H,23,26)(H,24,25)/t12-/m0/s1. The number of nitrogens with one attached hydrogen (secondary N) is 2. The number of halogens is 1. The van der Waals surface area contributed by atoms with Gasteiger partial charge in [-0.1, -0.05) is 11.6 Å². The number of rotatable bonds is 7. The highest BCUT2D eigenvalue weighted by molar-refractivity contribution is 7.92. The van der Waals surface area contributed by atoms with Crippen molar-refractivity contribution in [3.63, 3.8) is 0 Å². The lowest BCUT2D eigenvalue weighted by molar-refractivity contribution is -0.118. The predicted octanol–water partition coefficient (Wildman–Crippen LogP) is 3.19. The summed E-state index contributed by atoms with van der Waals surface area (Å²) >= 11 is 6.22. The first-order valence-corrected chi connectivity index (χ1v) is 11.5. The molecule has 0 aliphatic carbocycles.